The molecule has 1 N–H and O–H groups in total. The van der Waals surface area contributed by atoms with Gasteiger partial charge in [0.2, 0.25) is 0 Å². The van der Waals surface area contributed by atoms with Gasteiger partial charge in [0.05, 0.1) is 16.3 Å². The van der Waals surface area contributed by atoms with Gasteiger partial charge >= 0.3 is 0 Å². The predicted molar refractivity (Wildman–Crippen MR) is 103 cm³/mol. The van der Waals surface area contributed by atoms with Gasteiger partial charge < -0.3 is 10.1 Å². The van der Waals surface area contributed by atoms with Gasteiger partial charge in [-0.05, 0) is 43.3 Å². The number of halogens is 1. The van der Waals surface area contributed by atoms with Crippen LogP contribution in [-0.4, -0.2) is 23.3 Å². The normalized spacial score (nSPS) is 10.5. The fourth-order valence-corrected chi connectivity index (χ4v) is 3.40. The summed E-state index contributed by atoms with van der Waals surface area (Å²) < 4.78 is 18.9. The first-order valence-electron chi connectivity index (χ1n) is 8.20. The van der Waals surface area contributed by atoms with E-state index in [1.54, 1.807) is 24.3 Å². The van der Waals surface area contributed by atoms with Crippen LogP contribution in [0.1, 0.15) is 22.3 Å². The standard InChI is InChI=1S/C20H17FN2O3S/c1-12-19(13(2)24)27-20(22-12)14-7-9-15(10-8-14)26-11-18(25)23-17-6-4-3-5-16(17)21/h3-10H,11H2,1-2H3,(H,23,25). The number of ketones is 1. The maximum absolute atomic E-state index is 13.5. The minimum atomic E-state index is -0.501. The number of hydrogen-bond acceptors (Lipinski definition) is 5. The Morgan fingerprint density at radius 3 is 2.48 bits per heavy atom. The van der Waals surface area contributed by atoms with Crippen LogP contribution in [0, 0.1) is 12.7 Å². The second kappa shape index (κ2) is 8.09. The number of carbonyl (C=O) groups excluding carboxylic acids is 2. The van der Waals surface area contributed by atoms with E-state index in [9.17, 15) is 14.0 Å². The van der Waals surface area contributed by atoms with Crippen molar-refractivity contribution in [3.8, 4) is 16.3 Å². The molecule has 0 aliphatic rings. The highest BCUT2D eigenvalue weighted by atomic mass is 32.1. The molecule has 1 aromatic heterocycles. The van der Waals surface area contributed by atoms with Crippen molar-refractivity contribution in [2.24, 2.45) is 0 Å². The van der Waals surface area contributed by atoms with Gasteiger partial charge in [-0.1, -0.05) is 12.1 Å². The lowest BCUT2D eigenvalue weighted by Crippen LogP contribution is -2.20. The van der Waals surface area contributed by atoms with Crippen LogP contribution in [0.2, 0.25) is 0 Å². The van der Waals surface area contributed by atoms with Crippen molar-refractivity contribution in [1.29, 1.82) is 0 Å². The van der Waals surface area contributed by atoms with E-state index in [-0.39, 0.29) is 18.1 Å². The highest BCUT2D eigenvalue weighted by Crippen LogP contribution is 2.29. The first-order valence-corrected chi connectivity index (χ1v) is 9.01. The molecule has 5 nitrogen and oxygen atoms in total. The zero-order chi connectivity index (χ0) is 19.4. The first-order chi connectivity index (χ1) is 12.9. The molecular formula is C20H17FN2O3S. The first kappa shape index (κ1) is 18.7. The Bertz CT molecular complexity index is 983. The van der Waals surface area contributed by atoms with Gasteiger partial charge in [-0.15, -0.1) is 11.3 Å². The summed E-state index contributed by atoms with van der Waals surface area (Å²) in [6, 6.07) is 13.0. The molecule has 0 saturated heterocycles. The molecule has 7 heteroatoms. The minimum absolute atomic E-state index is 0.00271. The van der Waals surface area contributed by atoms with Crippen molar-refractivity contribution in [2.45, 2.75) is 13.8 Å². The summed E-state index contributed by atoms with van der Waals surface area (Å²) in [5.41, 5.74) is 1.69. The molecule has 0 atom stereocenters. The van der Waals surface area contributed by atoms with Gasteiger partial charge in [0.1, 0.15) is 16.6 Å². The second-order valence-corrected chi connectivity index (χ2v) is 6.83. The maximum Gasteiger partial charge on any atom is 0.262 e. The van der Waals surface area contributed by atoms with Crippen molar-refractivity contribution in [2.75, 3.05) is 11.9 Å². The number of aryl methyl sites for hydroxylation is 1. The van der Waals surface area contributed by atoms with Gasteiger partial charge in [-0.3, -0.25) is 9.59 Å². The summed E-state index contributed by atoms with van der Waals surface area (Å²) >= 11 is 1.35. The summed E-state index contributed by atoms with van der Waals surface area (Å²) in [5.74, 6) is -0.454. The highest BCUT2D eigenvalue weighted by Gasteiger charge is 2.13. The molecule has 27 heavy (non-hydrogen) atoms. The van der Waals surface area contributed by atoms with Gasteiger partial charge in [0, 0.05) is 12.5 Å². The minimum Gasteiger partial charge on any atom is -0.484 e. The number of nitrogens with zero attached hydrogens (tertiary/aromatic N) is 1. The van der Waals surface area contributed by atoms with Crippen LogP contribution in [0.15, 0.2) is 48.5 Å². The number of amides is 1. The molecule has 2 aromatic carbocycles. The lowest BCUT2D eigenvalue weighted by Gasteiger charge is -2.08. The molecule has 0 radical (unpaired) electrons. The van der Waals surface area contributed by atoms with Crippen LogP contribution in [-0.2, 0) is 4.79 Å². The Morgan fingerprint density at radius 1 is 1.15 bits per heavy atom. The van der Waals surface area contributed by atoms with E-state index in [1.165, 1.54) is 30.4 Å². The lowest BCUT2D eigenvalue weighted by atomic mass is 10.2. The molecule has 0 spiro atoms. The van der Waals surface area contributed by atoms with E-state index in [4.69, 9.17) is 4.74 Å². The van der Waals surface area contributed by atoms with Crippen LogP contribution in [0.25, 0.3) is 10.6 Å². The average Bonchev–Trinajstić information content (AvgIpc) is 3.04. The van der Waals surface area contributed by atoms with Crippen molar-refractivity contribution in [1.82, 2.24) is 4.98 Å². The summed E-state index contributed by atoms with van der Waals surface area (Å²) in [6.07, 6.45) is 0. The van der Waals surface area contributed by atoms with Crippen molar-refractivity contribution in [3.05, 3.63) is 64.9 Å². The molecule has 3 rings (SSSR count). The monoisotopic (exact) mass is 384 g/mol. The van der Waals surface area contributed by atoms with Gasteiger partial charge in [-0.2, -0.15) is 0 Å². The van der Waals surface area contributed by atoms with E-state index in [1.807, 2.05) is 19.1 Å². The summed E-state index contributed by atoms with van der Waals surface area (Å²) in [5, 5.41) is 3.21. The molecule has 0 aliphatic heterocycles. The number of Topliss-reactive ketones (excluding diaryl/α,β-unsaturated/α-hetero) is 1. The number of carbonyl (C=O) groups is 2. The fraction of sp³-hybridized carbons (Fsp3) is 0.150. The molecule has 1 heterocycles. The van der Waals surface area contributed by atoms with Gasteiger partial charge in [0.15, 0.2) is 12.4 Å². The van der Waals surface area contributed by atoms with Crippen LogP contribution in [0.4, 0.5) is 10.1 Å². The molecular weight excluding hydrogens is 367 g/mol. The van der Waals surface area contributed by atoms with E-state index in [0.717, 1.165) is 10.6 Å². The number of aromatic nitrogens is 1. The number of nitrogens with one attached hydrogen (secondary N) is 1. The number of para-hydroxylation sites is 1. The lowest BCUT2D eigenvalue weighted by molar-refractivity contribution is -0.118. The third-order valence-corrected chi connectivity index (χ3v) is 5.04. The van der Waals surface area contributed by atoms with Crippen LogP contribution >= 0.6 is 11.3 Å². The summed E-state index contributed by atoms with van der Waals surface area (Å²) in [7, 11) is 0. The molecule has 138 valence electrons. The molecule has 0 saturated carbocycles. The van der Waals surface area contributed by atoms with Crippen molar-refractivity contribution < 1.29 is 18.7 Å². The number of thiazole rings is 1. The van der Waals surface area contributed by atoms with Crippen LogP contribution in [0.3, 0.4) is 0 Å². The SMILES string of the molecule is CC(=O)c1sc(-c2ccc(OCC(=O)Nc3ccccc3F)cc2)nc1C. The largest absolute Gasteiger partial charge is 0.484 e. The number of benzene rings is 2. The number of rotatable bonds is 6. The molecule has 0 aliphatic carbocycles. The second-order valence-electron chi connectivity index (χ2n) is 5.83. The van der Waals surface area contributed by atoms with Crippen molar-refractivity contribution in [3.63, 3.8) is 0 Å². The Balaban J connectivity index is 1.61. The molecule has 3 aromatic rings. The van der Waals surface area contributed by atoms with Crippen LogP contribution < -0.4 is 10.1 Å². The summed E-state index contributed by atoms with van der Waals surface area (Å²) in [4.78, 5) is 28.5. The Labute approximate surface area is 159 Å². The van der Waals surface area contributed by atoms with Crippen LogP contribution in [0.5, 0.6) is 5.75 Å². The molecule has 0 fully saturated rings. The summed E-state index contributed by atoms with van der Waals surface area (Å²) in [6.45, 7) is 3.09. The number of anilines is 1. The Hall–Kier alpha value is -3.06. The Kier molecular flexibility index (Phi) is 5.61. The zero-order valence-electron chi connectivity index (χ0n) is 14.8. The number of hydrogen-bond donors (Lipinski definition) is 1. The third kappa shape index (κ3) is 4.57. The molecule has 0 bridgehead atoms. The highest BCUT2D eigenvalue weighted by molar-refractivity contribution is 7.17. The molecule has 0 unspecified atom stereocenters. The van der Waals surface area contributed by atoms with E-state index >= 15 is 0 Å². The van der Waals surface area contributed by atoms with Crippen molar-refractivity contribution >= 4 is 28.7 Å². The van der Waals surface area contributed by atoms with E-state index in [0.29, 0.717) is 16.3 Å². The predicted octanol–water partition coefficient (Wildman–Crippen LogP) is 4.48. The average molecular weight is 384 g/mol. The maximum atomic E-state index is 13.5. The van der Waals surface area contributed by atoms with E-state index < -0.39 is 11.7 Å². The topological polar surface area (TPSA) is 68.3 Å². The smallest absolute Gasteiger partial charge is 0.262 e. The van der Waals surface area contributed by atoms with Gasteiger partial charge in [0.25, 0.3) is 5.91 Å². The fourth-order valence-electron chi connectivity index (χ4n) is 2.44. The van der Waals surface area contributed by atoms with Gasteiger partial charge in [-0.25, -0.2) is 9.37 Å². The molecule has 1 amide bonds. The quantitative estimate of drug-likeness (QED) is 0.637. The van der Waals surface area contributed by atoms with E-state index in [2.05, 4.69) is 10.3 Å². The zero-order valence-corrected chi connectivity index (χ0v) is 15.6. The Morgan fingerprint density at radius 2 is 1.85 bits per heavy atom. The number of ether oxygens (including phenoxy) is 1. The third-order valence-electron chi connectivity index (χ3n) is 3.74.